The maximum absolute atomic E-state index is 11.5. The van der Waals surface area contributed by atoms with Crippen LogP contribution in [0.3, 0.4) is 0 Å². The number of nitrogens with zero attached hydrogens (tertiary/aromatic N) is 3. The Morgan fingerprint density at radius 3 is 2.95 bits per heavy atom. The minimum Gasteiger partial charge on any atom is -0.354 e. The van der Waals surface area contributed by atoms with Crippen molar-refractivity contribution < 1.29 is 9.59 Å². The third-order valence-corrected chi connectivity index (χ3v) is 4.34. The van der Waals surface area contributed by atoms with Crippen molar-refractivity contribution in [3.05, 3.63) is 22.4 Å². The van der Waals surface area contributed by atoms with Gasteiger partial charge in [0.1, 0.15) is 0 Å². The molecule has 1 fully saturated rings. The van der Waals surface area contributed by atoms with Gasteiger partial charge in [0.25, 0.3) is 0 Å². The molecule has 1 aliphatic heterocycles. The Morgan fingerprint density at radius 2 is 2.36 bits per heavy atom. The van der Waals surface area contributed by atoms with Gasteiger partial charge in [0, 0.05) is 38.6 Å². The molecule has 3 amide bonds. The van der Waals surface area contributed by atoms with Gasteiger partial charge in [-0.05, 0) is 17.9 Å². The van der Waals surface area contributed by atoms with E-state index in [9.17, 15) is 9.59 Å². The molecule has 1 aromatic rings. The molecule has 0 saturated carbocycles. The number of aliphatic imine (C=N–C) groups is 1. The summed E-state index contributed by atoms with van der Waals surface area (Å²) in [6.45, 7) is 1.76. The van der Waals surface area contributed by atoms with Gasteiger partial charge in [0.05, 0.1) is 6.54 Å². The maximum Gasteiger partial charge on any atom is 0.324 e. The highest BCUT2D eigenvalue weighted by atomic mass is 32.1. The van der Waals surface area contributed by atoms with Crippen LogP contribution in [0.5, 0.6) is 0 Å². The molecule has 8 heteroatoms. The van der Waals surface area contributed by atoms with Gasteiger partial charge in [-0.3, -0.25) is 14.7 Å². The number of guanidine groups is 1. The Morgan fingerprint density at radius 1 is 1.55 bits per heavy atom. The molecule has 1 saturated heterocycles. The Balaban J connectivity index is 1.74. The Labute approximate surface area is 134 Å². The van der Waals surface area contributed by atoms with Crippen molar-refractivity contribution in [3.8, 4) is 0 Å². The van der Waals surface area contributed by atoms with E-state index in [0.717, 1.165) is 18.9 Å². The Kier molecular flexibility index (Phi) is 5.76. The molecule has 1 aromatic heterocycles. The molecule has 7 nitrogen and oxygen atoms in total. The topological polar surface area (TPSA) is 77.0 Å². The minimum atomic E-state index is -0.326. The van der Waals surface area contributed by atoms with Crippen LogP contribution in [0.4, 0.5) is 4.79 Å². The molecule has 2 rings (SSSR count). The number of hydrogen-bond donors (Lipinski definition) is 2. The van der Waals surface area contributed by atoms with Crippen LogP contribution in [0, 0.1) is 0 Å². The normalized spacial score (nSPS) is 15.2. The van der Waals surface area contributed by atoms with Crippen LogP contribution in [0.2, 0.25) is 0 Å². The van der Waals surface area contributed by atoms with Crippen molar-refractivity contribution in [2.75, 3.05) is 40.3 Å². The van der Waals surface area contributed by atoms with E-state index in [4.69, 9.17) is 0 Å². The lowest BCUT2D eigenvalue weighted by Gasteiger charge is -2.22. The fraction of sp³-hybridized carbons (Fsp3) is 0.500. The fourth-order valence-corrected chi connectivity index (χ4v) is 2.88. The van der Waals surface area contributed by atoms with Crippen LogP contribution in [-0.2, 0) is 11.2 Å². The van der Waals surface area contributed by atoms with Crippen LogP contribution in [0.25, 0.3) is 0 Å². The van der Waals surface area contributed by atoms with E-state index in [1.807, 2.05) is 18.0 Å². The van der Waals surface area contributed by atoms with Crippen molar-refractivity contribution in [2.24, 2.45) is 4.99 Å². The minimum absolute atomic E-state index is 0.0915. The van der Waals surface area contributed by atoms with E-state index in [-0.39, 0.29) is 18.5 Å². The number of carbonyl (C=O) groups excluding carboxylic acids is 2. The van der Waals surface area contributed by atoms with Gasteiger partial charge in [-0.2, -0.15) is 0 Å². The molecule has 0 aromatic carbocycles. The molecular formula is C14H21N5O2S. The number of imide groups is 1. The van der Waals surface area contributed by atoms with Crippen molar-refractivity contribution in [2.45, 2.75) is 6.42 Å². The van der Waals surface area contributed by atoms with Gasteiger partial charge in [-0.1, -0.05) is 6.07 Å². The molecule has 22 heavy (non-hydrogen) atoms. The zero-order valence-electron chi connectivity index (χ0n) is 12.8. The Bertz CT molecular complexity index is 527. The molecule has 2 N–H and O–H groups in total. The van der Waals surface area contributed by atoms with Crippen LogP contribution >= 0.6 is 11.3 Å². The van der Waals surface area contributed by atoms with Crippen molar-refractivity contribution in [3.63, 3.8) is 0 Å². The van der Waals surface area contributed by atoms with E-state index in [2.05, 4.69) is 27.1 Å². The zero-order chi connectivity index (χ0) is 15.9. The van der Waals surface area contributed by atoms with Gasteiger partial charge >= 0.3 is 6.03 Å². The highest BCUT2D eigenvalue weighted by molar-refractivity contribution is 7.09. The van der Waals surface area contributed by atoms with E-state index >= 15 is 0 Å². The first-order chi connectivity index (χ1) is 10.6. The summed E-state index contributed by atoms with van der Waals surface area (Å²) in [5.41, 5.74) is 0. The van der Waals surface area contributed by atoms with Crippen molar-refractivity contribution >= 4 is 29.2 Å². The van der Waals surface area contributed by atoms with E-state index in [1.165, 1.54) is 9.78 Å². The summed E-state index contributed by atoms with van der Waals surface area (Å²) < 4.78 is 0. The second-order valence-electron chi connectivity index (χ2n) is 4.93. The Hall–Kier alpha value is -2.09. The summed E-state index contributed by atoms with van der Waals surface area (Å²) in [5, 5.41) is 7.74. The standard InChI is InChI=1S/C14H21N5O2S/c1-15-13(18(2)7-5-11-4-3-9-22-11)16-6-8-19-12(20)10-17-14(19)21/h3-4,9H,5-8,10H2,1-2H3,(H,15,16)(H,17,21). The molecule has 0 atom stereocenters. The van der Waals surface area contributed by atoms with Crippen LogP contribution in [-0.4, -0.2) is 68.0 Å². The van der Waals surface area contributed by atoms with E-state index in [1.54, 1.807) is 18.4 Å². The third-order valence-electron chi connectivity index (χ3n) is 3.40. The largest absolute Gasteiger partial charge is 0.354 e. The summed E-state index contributed by atoms with van der Waals surface area (Å²) >= 11 is 1.74. The van der Waals surface area contributed by atoms with Crippen LogP contribution in [0.15, 0.2) is 22.5 Å². The second kappa shape index (κ2) is 7.79. The smallest absolute Gasteiger partial charge is 0.324 e. The number of hydrogen-bond acceptors (Lipinski definition) is 4. The molecular weight excluding hydrogens is 302 g/mol. The monoisotopic (exact) mass is 323 g/mol. The molecule has 120 valence electrons. The summed E-state index contributed by atoms with van der Waals surface area (Å²) in [6, 6.07) is 3.84. The lowest BCUT2D eigenvalue weighted by atomic mass is 10.3. The van der Waals surface area contributed by atoms with Crippen LogP contribution in [0.1, 0.15) is 4.88 Å². The third kappa shape index (κ3) is 4.20. The highest BCUT2D eigenvalue weighted by Crippen LogP contribution is 2.09. The predicted octanol–water partition coefficient (Wildman–Crippen LogP) is 0.350. The average Bonchev–Trinajstić information content (AvgIpc) is 3.13. The quantitative estimate of drug-likeness (QED) is 0.450. The lowest BCUT2D eigenvalue weighted by molar-refractivity contribution is -0.124. The van der Waals surface area contributed by atoms with Gasteiger partial charge in [-0.15, -0.1) is 11.3 Å². The summed E-state index contributed by atoms with van der Waals surface area (Å²) in [4.78, 5) is 31.7. The first-order valence-electron chi connectivity index (χ1n) is 7.14. The SMILES string of the molecule is CN=C(NCCN1C(=O)CNC1=O)N(C)CCc1cccs1. The van der Waals surface area contributed by atoms with E-state index in [0.29, 0.717) is 13.1 Å². The fourth-order valence-electron chi connectivity index (χ4n) is 2.18. The van der Waals surface area contributed by atoms with Gasteiger partial charge in [0.2, 0.25) is 5.91 Å². The highest BCUT2D eigenvalue weighted by Gasteiger charge is 2.27. The van der Waals surface area contributed by atoms with Gasteiger partial charge in [0.15, 0.2) is 5.96 Å². The molecule has 0 radical (unpaired) electrons. The summed E-state index contributed by atoms with van der Waals surface area (Å²) in [7, 11) is 3.69. The lowest BCUT2D eigenvalue weighted by Crippen LogP contribution is -2.44. The van der Waals surface area contributed by atoms with Crippen molar-refractivity contribution in [1.29, 1.82) is 0 Å². The maximum atomic E-state index is 11.5. The van der Waals surface area contributed by atoms with Crippen LogP contribution < -0.4 is 10.6 Å². The average molecular weight is 323 g/mol. The number of rotatable bonds is 6. The number of likely N-dealkylation sites (N-methyl/N-ethyl adjacent to an activating group) is 1. The molecule has 0 bridgehead atoms. The molecule has 1 aliphatic rings. The molecule has 2 heterocycles. The summed E-state index contributed by atoms with van der Waals surface area (Å²) in [5.74, 6) is 0.566. The number of nitrogens with one attached hydrogen (secondary N) is 2. The van der Waals surface area contributed by atoms with E-state index < -0.39 is 0 Å². The number of carbonyl (C=O) groups is 2. The first kappa shape index (κ1) is 16.3. The first-order valence-corrected chi connectivity index (χ1v) is 8.02. The molecule has 0 aliphatic carbocycles. The van der Waals surface area contributed by atoms with Crippen molar-refractivity contribution in [1.82, 2.24) is 20.4 Å². The van der Waals surface area contributed by atoms with Gasteiger partial charge < -0.3 is 15.5 Å². The van der Waals surface area contributed by atoms with Gasteiger partial charge in [-0.25, -0.2) is 4.79 Å². The predicted molar refractivity (Wildman–Crippen MR) is 87.1 cm³/mol. The number of amides is 3. The summed E-state index contributed by atoms with van der Waals surface area (Å²) in [6.07, 6.45) is 0.960. The molecule has 0 spiro atoms. The number of thiophene rings is 1. The second-order valence-corrected chi connectivity index (χ2v) is 5.96. The molecule has 0 unspecified atom stereocenters. The number of urea groups is 1. The zero-order valence-corrected chi connectivity index (χ0v) is 13.7.